The maximum atomic E-state index is 12.9. The minimum atomic E-state index is -3.77. The highest BCUT2D eigenvalue weighted by Crippen LogP contribution is 2.31. The Balaban J connectivity index is 1.97. The van der Waals surface area contributed by atoms with E-state index in [1.807, 2.05) is 56.3 Å². The van der Waals surface area contributed by atoms with Crippen molar-refractivity contribution >= 4 is 21.5 Å². The van der Waals surface area contributed by atoms with Gasteiger partial charge in [-0.25, -0.2) is 8.42 Å². The van der Waals surface area contributed by atoms with Crippen molar-refractivity contribution in [1.29, 1.82) is 0 Å². The van der Waals surface area contributed by atoms with Gasteiger partial charge in [-0.15, -0.1) is 0 Å². The molecule has 0 radical (unpaired) electrons. The molecule has 0 aliphatic heterocycles. The number of nitrogens with zero attached hydrogens (tertiary/aromatic N) is 1. The van der Waals surface area contributed by atoms with E-state index in [1.54, 1.807) is 24.3 Å². The molecule has 0 amide bonds. The quantitative estimate of drug-likeness (QED) is 0.829. The average Bonchev–Trinajstić information content (AvgIpc) is 3.06. The third kappa shape index (κ3) is 4.28. The van der Waals surface area contributed by atoms with Crippen LogP contribution in [0.2, 0.25) is 0 Å². The molecule has 142 valence electrons. The molecule has 0 aromatic heterocycles. The molecular formula is C21H24N2O3S. The molecule has 0 spiro atoms. The maximum absolute atomic E-state index is 12.9. The highest BCUT2D eigenvalue weighted by atomic mass is 32.2. The number of benzene rings is 2. The molecule has 5 nitrogen and oxygen atoms in total. The standard InChI is InChI=1S/C21H24N2O3S/c1-15-7-13-18(14-8-15)27(25,26)22-21(19-5-4-6-20(19)24)16-9-11-17(12-10-16)23(2)3/h5,7-14,21-22H,4,6H2,1-3H3. The first kappa shape index (κ1) is 19.3. The van der Waals surface area contributed by atoms with Crippen LogP contribution in [0.4, 0.5) is 5.69 Å². The summed E-state index contributed by atoms with van der Waals surface area (Å²) in [5, 5.41) is 0. The predicted molar refractivity (Wildman–Crippen MR) is 107 cm³/mol. The molecule has 6 heteroatoms. The lowest BCUT2D eigenvalue weighted by molar-refractivity contribution is -0.115. The number of hydrogen-bond donors (Lipinski definition) is 1. The Hall–Kier alpha value is -2.44. The first-order valence-corrected chi connectivity index (χ1v) is 10.4. The Bertz CT molecular complexity index is 959. The van der Waals surface area contributed by atoms with Gasteiger partial charge in [0.15, 0.2) is 5.78 Å². The second kappa shape index (κ2) is 7.66. The van der Waals surface area contributed by atoms with Crippen LogP contribution in [0.5, 0.6) is 0 Å². The number of aryl methyl sites for hydroxylation is 1. The van der Waals surface area contributed by atoms with Crippen molar-refractivity contribution in [1.82, 2.24) is 4.72 Å². The molecule has 0 saturated carbocycles. The molecule has 1 atom stereocenters. The third-order valence-corrected chi connectivity index (χ3v) is 6.15. The summed E-state index contributed by atoms with van der Waals surface area (Å²) in [7, 11) is 0.115. The minimum absolute atomic E-state index is 0.0108. The van der Waals surface area contributed by atoms with Gasteiger partial charge in [0.1, 0.15) is 0 Å². The Morgan fingerprint density at radius 3 is 2.15 bits per heavy atom. The molecule has 1 aliphatic rings. The molecule has 1 unspecified atom stereocenters. The van der Waals surface area contributed by atoms with Gasteiger partial charge >= 0.3 is 0 Å². The second-order valence-electron chi connectivity index (χ2n) is 6.97. The van der Waals surface area contributed by atoms with Gasteiger partial charge in [-0.05, 0) is 43.2 Å². The SMILES string of the molecule is Cc1ccc(S(=O)(=O)NC(C2=CCCC2=O)c2ccc(N(C)C)cc2)cc1. The fraction of sp³-hybridized carbons (Fsp3) is 0.286. The van der Waals surface area contributed by atoms with E-state index in [-0.39, 0.29) is 10.7 Å². The zero-order valence-corrected chi connectivity index (χ0v) is 16.6. The molecule has 0 bridgehead atoms. The summed E-state index contributed by atoms with van der Waals surface area (Å²) in [6, 6.07) is 13.6. The first-order chi connectivity index (χ1) is 12.8. The predicted octanol–water partition coefficient (Wildman–Crippen LogP) is 3.37. The van der Waals surface area contributed by atoms with Gasteiger partial charge in [0.25, 0.3) is 0 Å². The molecule has 2 aromatic rings. The summed E-state index contributed by atoms with van der Waals surface area (Å²) in [6.07, 6.45) is 2.91. The van der Waals surface area contributed by atoms with Crippen LogP contribution in [0, 0.1) is 6.92 Å². The van der Waals surface area contributed by atoms with Crippen molar-refractivity contribution in [2.24, 2.45) is 0 Å². The van der Waals surface area contributed by atoms with Crippen LogP contribution < -0.4 is 9.62 Å². The van der Waals surface area contributed by atoms with Crippen LogP contribution in [-0.2, 0) is 14.8 Å². The molecule has 3 rings (SSSR count). The number of hydrogen-bond acceptors (Lipinski definition) is 4. The van der Waals surface area contributed by atoms with E-state index >= 15 is 0 Å². The summed E-state index contributed by atoms with van der Waals surface area (Å²) < 4.78 is 28.6. The number of ketones is 1. The number of nitrogens with one attached hydrogen (secondary N) is 1. The summed E-state index contributed by atoms with van der Waals surface area (Å²) >= 11 is 0. The number of allylic oxidation sites excluding steroid dienone is 1. The van der Waals surface area contributed by atoms with Crippen molar-refractivity contribution in [3.05, 3.63) is 71.3 Å². The number of Topliss-reactive ketones (excluding diaryl/α,β-unsaturated/α-hetero) is 1. The number of anilines is 1. The smallest absolute Gasteiger partial charge is 0.241 e. The third-order valence-electron chi connectivity index (χ3n) is 4.72. The number of carbonyl (C=O) groups excluding carboxylic acids is 1. The molecule has 2 aromatic carbocycles. The van der Waals surface area contributed by atoms with Gasteiger partial charge in [0, 0.05) is 31.8 Å². The van der Waals surface area contributed by atoms with Gasteiger partial charge in [0.05, 0.1) is 10.9 Å². The molecule has 27 heavy (non-hydrogen) atoms. The Labute approximate surface area is 160 Å². The van der Waals surface area contributed by atoms with Gasteiger partial charge < -0.3 is 4.90 Å². The number of carbonyl (C=O) groups is 1. The van der Waals surface area contributed by atoms with Crippen LogP contribution in [-0.4, -0.2) is 28.3 Å². The lowest BCUT2D eigenvalue weighted by atomic mass is 9.98. The molecule has 0 heterocycles. The zero-order valence-electron chi connectivity index (χ0n) is 15.8. The Kier molecular flexibility index (Phi) is 5.48. The van der Waals surface area contributed by atoms with Crippen molar-refractivity contribution in [2.45, 2.75) is 30.7 Å². The average molecular weight is 385 g/mol. The van der Waals surface area contributed by atoms with Crippen LogP contribution in [0.15, 0.2) is 65.1 Å². The van der Waals surface area contributed by atoms with E-state index in [0.29, 0.717) is 18.4 Å². The lowest BCUT2D eigenvalue weighted by Gasteiger charge is -2.21. The van der Waals surface area contributed by atoms with Crippen molar-refractivity contribution in [3.63, 3.8) is 0 Å². The van der Waals surface area contributed by atoms with E-state index in [0.717, 1.165) is 16.8 Å². The largest absolute Gasteiger partial charge is 0.378 e. The van der Waals surface area contributed by atoms with Crippen LogP contribution in [0.1, 0.15) is 30.0 Å². The summed E-state index contributed by atoms with van der Waals surface area (Å²) in [5.74, 6) is -0.0108. The minimum Gasteiger partial charge on any atom is -0.378 e. The van der Waals surface area contributed by atoms with Gasteiger partial charge in [-0.1, -0.05) is 35.9 Å². The highest BCUT2D eigenvalue weighted by molar-refractivity contribution is 7.89. The highest BCUT2D eigenvalue weighted by Gasteiger charge is 2.30. The Morgan fingerprint density at radius 2 is 1.63 bits per heavy atom. The van der Waals surface area contributed by atoms with Crippen molar-refractivity contribution < 1.29 is 13.2 Å². The summed E-state index contributed by atoms with van der Waals surface area (Å²) in [6.45, 7) is 1.90. The normalized spacial score (nSPS) is 15.5. The number of rotatable bonds is 6. The van der Waals surface area contributed by atoms with Gasteiger partial charge in [0.2, 0.25) is 10.0 Å². The lowest BCUT2D eigenvalue weighted by Crippen LogP contribution is -2.31. The molecular weight excluding hydrogens is 360 g/mol. The van der Waals surface area contributed by atoms with Crippen molar-refractivity contribution in [3.8, 4) is 0 Å². The Morgan fingerprint density at radius 1 is 1.00 bits per heavy atom. The molecule has 1 N–H and O–H groups in total. The summed E-state index contributed by atoms with van der Waals surface area (Å²) in [4.78, 5) is 14.5. The van der Waals surface area contributed by atoms with E-state index in [9.17, 15) is 13.2 Å². The van der Waals surface area contributed by atoms with Crippen LogP contribution >= 0.6 is 0 Å². The van der Waals surface area contributed by atoms with E-state index in [2.05, 4.69) is 4.72 Å². The molecule has 0 saturated heterocycles. The van der Waals surface area contributed by atoms with E-state index < -0.39 is 16.1 Å². The van der Waals surface area contributed by atoms with E-state index in [4.69, 9.17) is 0 Å². The monoisotopic (exact) mass is 384 g/mol. The first-order valence-electron chi connectivity index (χ1n) is 8.87. The van der Waals surface area contributed by atoms with E-state index in [1.165, 1.54) is 0 Å². The van der Waals surface area contributed by atoms with Crippen LogP contribution in [0.25, 0.3) is 0 Å². The topological polar surface area (TPSA) is 66.5 Å². The van der Waals surface area contributed by atoms with Gasteiger partial charge in [-0.3, -0.25) is 4.79 Å². The number of sulfonamides is 1. The maximum Gasteiger partial charge on any atom is 0.241 e. The second-order valence-corrected chi connectivity index (χ2v) is 8.69. The van der Waals surface area contributed by atoms with Gasteiger partial charge in [-0.2, -0.15) is 4.72 Å². The fourth-order valence-electron chi connectivity index (χ4n) is 3.11. The summed E-state index contributed by atoms with van der Waals surface area (Å²) in [5.41, 5.74) is 3.25. The van der Waals surface area contributed by atoms with Crippen molar-refractivity contribution in [2.75, 3.05) is 19.0 Å². The zero-order chi connectivity index (χ0) is 19.6. The van der Waals surface area contributed by atoms with Crippen LogP contribution in [0.3, 0.4) is 0 Å². The fourth-order valence-corrected chi connectivity index (χ4v) is 4.32. The molecule has 0 fully saturated rings. The molecule has 1 aliphatic carbocycles.